The number of hydrogen-bond acceptors (Lipinski definition) is 3. The molecule has 0 heterocycles. The summed E-state index contributed by atoms with van der Waals surface area (Å²) in [6, 6.07) is 10.5. The van der Waals surface area contributed by atoms with Gasteiger partial charge in [-0.15, -0.1) is 0 Å². The summed E-state index contributed by atoms with van der Waals surface area (Å²) in [4.78, 5) is 12.1. The van der Waals surface area contributed by atoms with Crippen molar-refractivity contribution in [3.8, 4) is 11.8 Å². The summed E-state index contributed by atoms with van der Waals surface area (Å²) in [5, 5.41) is 21.5. The quantitative estimate of drug-likeness (QED) is 0.885. The lowest BCUT2D eigenvalue weighted by Gasteiger charge is -2.09. The van der Waals surface area contributed by atoms with Crippen molar-refractivity contribution in [2.45, 2.75) is 0 Å². The SMILES string of the molecule is N#Cc1ccc(Cl)cc1NC(=O)c1cc(O)ccc1Cl. The fourth-order valence-corrected chi connectivity index (χ4v) is 1.97. The second-order valence-corrected chi connectivity index (χ2v) is 4.76. The number of rotatable bonds is 2. The zero-order valence-electron chi connectivity index (χ0n) is 10.0. The number of nitriles is 1. The van der Waals surface area contributed by atoms with Crippen LogP contribution in [0.2, 0.25) is 10.0 Å². The Kier molecular flexibility index (Phi) is 4.14. The molecule has 0 atom stereocenters. The Balaban J connectivity index is 2.35. The molecule has 20 heavy (non-hydrogen) atoms. The van der Waals surface area contributed by atoms with E-state index in [1.165, 1.54) is 30.3 Å². The van der Waals surface area contributed by atoms with E-state index in [0.717, 1.165) is 0 Å². The van der Waals surface area contributed by atoms with Gasteiger partial charge in [0.05, 0.1) is 21.8 Å². The van der Waals surface area contributed by atoms with E-state index < -0.39 is 5.91 Å². The minimum atomic E-state index is -0.537. The maximum Gasteiger partial charge on any atom is 0.257 e. The van der Waals surface area contributed by atoms with E-state index in [1.807, 2.05) is 6.07 Å². The molecule has 0 fully saturated rings. The van der Waals surface area contributed by atoms with E-state index >= 15 is 0 Å². The summed E-state index contributed by atoms with van der Waals surface area (Å²) in [5.74, 6) is -0.615. The molecule has 2 rings (SSSR count). The molecule has 0 saturated carbocycles. The molecule has 0 aliphatic heterocycles. The van der Waals surface area contributed by atoms with Crippen LogP contribution in [0.1, 0.15) is 15.9 Å². The Morgan fingerprint density at radius 3 is 2.65 bits per heavy atom. The number of hydrogen-bond donors (Lipinski definition) is 2. The van der Waals surface area contributed by atoms with Crippen LogP contribution in [0.4, 0.5) is 5.69 Å². The van der Waals surface area contributed by atoms with Crippen molar-refractivity contribution in [3.63, 3.8) is 0 Å². The number of carbonyl (C=O) groups is 1. The summed E-state index contributed by atoms with van der Waals surface area (Å²) >= 11 is 11.7. The first-order valence-corrected chi connectivity index (χ1v) is 6.26. The molecule has 6 heteroatoms. The third-order valence-corrected chi connectivity index (χ3v) is 3.11. The molecule has 0 bridgehead atoms. The summed E-state index contributed by atoms with van der Waals surface area (Å²) < 4.78 is 0. The smallest absolute Gasteiger partial charge is 0.257 e. The Morgan fingerprint density at radius 1 is 1.20 bits per heavy atom. The van der Waals surface area contributed by atoms with Gasteiger partial charge in [-0.25, -0.2) is 0 Å². The van der Waals surface area contributed by atoms with E-state index in [9.17, 15) is 9.90 Å². The van der Waals surface area contributed by atoms with Gasteiger partial charge in [0.15, 0.2) is 0 Å². The fourth-order valence-electron chi connectivity index (χ4n) is 1.59. The van der Waals surface area contributed by atoms with Crippen molar-refractivity contribution in [3.05, 3.63) is 57.6 Å². The maximum atomic E-state index is 12.1. The molecule has 0 spiro atoms. The third kappa shape index (κ3) is 3.02. The third-order valence-electron chi connectivity index (χ3n) is 2.54. The molecule has 100 valence electrons. The van der Waals surface area contributed by atoms with Gasteiger partial charge in [-0.2, -0.15) is 5.26 Å². The average Bonchev–Trinajstić information content (AvgIpc) is 2.41. The summed E-state index contributed by atoms with van der Waals surface area (Å²) in [6.07, 6.45) is 0. The van der Waals surface area contributed by atoms with E-state index in [4.69, 9.17) is 28.5 Å². The first-order chi connectivity index (χ1) is 9.51. The van der Waals surface area contributed by atoms with Crippen molar-refractivity contribution in [1.82, 2.24) is 0 Å². The topological polar surface area (TPSA) is 73.1 Å². The summed E-state index contributed by atoms with van der Waals surface area (Å²) in [6.45, 7) is 0. The van der Waals surface area contributed by atoms with Crippen LogP contribution in [0.3, 0.4) is 0 Å². The predicted molar refractivity (Wildman–Crippen MR) is 77.2 cm³/mol. The molecular weight excluding hydrogens is 299 g/mol. The first-order valence-electron chi connectivity index (χ1n) is 5.51. The molecule has 0 unspecified atom stereocenters. The molecule has 2 aromatic rings. The van der Waals surface area contributed by atoms with Crippen molar-refractivity contribution in [2.24, 2.45) is 0 Å². The van der Waals surface area contributed by atoms with Gasteiger partial charge in [0.1, 0.15) is 11.8 Å². The predicted octanol–water partition coefficient (Wildman–Crippen LogP) is 3.82. The number of anilines is 1. The first kappa shape index (κ1) is 14.2. The lowest BCUT2D eigenvalue weighted by Crippen LogP contribution is -2.13. The Morgan fingerprint density at radius 2 is 1.95 bits per heavy atom. The zero-order chi connectivity index (χ0) is 14.7. The van der Waals surface area contributed by atoms with Crippen LogP contribution in [0, 0.1) is 11.3 Å². The van der Waals surface area contributed by atoms with Crippen LogP contribution >= 0.6 is 23.2 Å². The van der Waals surface area contributed by atoms with Gasteiger partial charge >= 0.3 is 0 Å². The van der Waals surface area contributed by atoms with Crippen molar-refractivity contribution in [1.29, 1.82) is 5.26 Å². The molecule has 2 aromatic carbocycles. The molecule has 0 aliphatic rings. The van der Waals surface area contributed by atoms with Crippen LogP contribution in [-0.4, -0.2) is 11.0 Å². The van der Waals surface area contributed by atoms with E-state index in [1.54, 1.807) is 6.07 Å². The van der Waals surface area contributed by atoms with Crippen LogP contribution < -0.4 is 5.32 Å². The number of halogens is 2. The molecule has 0 saturated heterocycles. The molecule has 0 aliphatic carbocycles. The Bertz CT molecular complexity index is 724. The second kappa shape index (κ2) is 5.83. The highest BCUT2D eigenvalue weighted by Gasteiger charge is 2.13. The normalized spacial score (nSPS) is 9.85. The lowest BCUT2D eigenvalue weighted by molar-refractivity contribution is 0.102. The number of nitrogens with one attached hydrogen (secondary N) is 1. The maximum absolute atomic E-state index is 12.1. The lowest BCUT2D eigenvalue weighted by atomic mass is 10.1. The number of aromatic hydroxyl groups is 1. The van der Waals surface area contributed by atoms with Gasteiger partial charge in [-0.05, 0) is 36.4 Å². The van der Waals surface area contributed by atoms with Gasteiger partial charge in [0.2, 0.25) is 0 Å². The standard InChI is InChI=1S/C14H8Cl2N2O2/c15-9-2-1-8(7-17)13(5-9)18-14(20)11-6-10(19)3-4-12(11)16/h1-6,19H,(H,18,20). The van der Waals surface area contributed by atoms with Gasteiger partial charge in [-0.3, -0.25) is 4.79 Å². The fraction of sp³-hybridized carbons (Fsp3) is 0. The molecule has 2 N–H and O–H groups in total. The van der Waals surface area contributed by atoms with Crippen LogP contribution in [-0.2, 0) is 0 Å². The highest BCUT2D eigenvalue weighted by atomic mass is 35.5. The highest BCUT2D eigenvalue weighted by molar-refractivity contribution is 6.34. The number of benzene rings is 2. The molecule has 4 nitrogen and oxygen atoms in total. The number of phenolic OH excluding ortho intramolecular Hbond substituents is 1. The number of phenols is 1. The molecule has 0 aromatic heterocycles. The van der Waals surface area contributed by atoms with E-state index in [0.29, 0.717) is 5.02 Å². The second-order valence-electron chi connectivity index (χ2n) is 3.92. The highest BCUT2D eigenvalue weighted by Crippen LogP contribution is 2.24. The van der Waals surface area contributed by atoms with Crippen LogP contribution in [0.15, 0.2) is 36.4 Å². The minimum Gasteiger partial charge on any atom is -0.508 e. The van der Waals surface area contributed by atoms with Crippen LogP contribution in [0.25, 0.3) is 0 Å². The zero-order valence-corrected chi connectivity index (χ0v) is 11.5. The largest absolute Gasteiger partial charge is 0.508 e. The van der Waals surface area contributed by atoms with Gasteiger partial charge in [0.25, 0.3) is 5.91 Å². The van der Waals surface area contributed by atoms with E-state index in [2.05, 4.69) is 5.32 Å². The van der Waals surface area contributed by atoms with Crippen molar-refractivity contribution < 1.29 is 9.90 Å². The van der Waals surface area contributed by atoms with Crippen molar-refractivity contribution >= 4 is 34.8 Å². The molecule has 0 radical (unpaired) electrons. The summed E-state index contributed by atoms with van der Waals surface area (Å²) in [5.41, 5.74) is 0.666. The average molecular weight is 307 g/mol. The number of nitrogens with zero attached hydrogens (tertiary/aromatic N) is 1. The number of carbonyl (C=O) groups excluding carboxylic acids is 1. The minimum absolute atomic E-state index is 0.0776. The molecule has 1 amide bonds. The van der Waals surface area contributed by atoms with Crippen LogP contribution in [0.5, 0.6) is 5.75 Å². The number of amides is 1. The summed E-state index contributed by atoms with van der Waals surface area (Å²) in [7, 11) is 0. The monoisotopic (exact) mass is 306 g/mol. The van der Waals surface area contributed by atoms with Gasteiger partial charge in [0, 0.05) is 5.02 Å². The van der Waals surface area contributed by atoms with Gasteiger partial charge < -0.3 is 10.4 Å². The Hall–Kier alpha value is -2.22. The van der Waals surface area contributed by atoms with E-state index in [-0.39, 0.29) is 27.6 Å². The van der Waals surface area contributed by atoms with Gasteiger partial charge in [-0.1, -0.05) is 23.2 Å². The Labute approximate surface area is 125 Å². The molecular formula is C14H8Cl2N2O2. The van der Waals surface area contributed by atoms with Crippen molar-refractivity contribution in [2.75, 3.05) is 5.32 Å².